The second kappa shape index (κ2) is 9.02. The maximum absolute atomic E-state index is 11.9. The van der Waals surface area contributed by atoms with Crippen molar-refractivity contribution in [2.24, 2.45) is 0 Å². The molecule has 21 heavy (non-hydrogen) atoms. The van der Waals surface area contributed by atoms with Gasteiger partial charge in [-0.3, -0.25) is 4.79 Å². The van der Waals surface area contributed by atoms with Crippen molar-refractivity contribution in [1.82, 2.24) is 5.32 Å². The number of aliphatic hydroxyl groups excluding tert-OH is 1. The third kappa shape index (κ3) is 5.47. The summed E-state index contributed by atoms with van der Waals surface area (Å²) in [5.41, 5.74) is 1.70. The molecule has 0 saturated heterocycles. The number of carbonyl (C=O) groups is 2. The smallest absolute Gasteiger partial charge is 0.550 e. The summed E-state index contributed by atoms with van der Waals surface area (Å²) in [5.74, 6) is -1.08. The first-order valence-electron chi connectivity index (χ1n) is 6.81. The standard InChI is InChI=1S/C15H19NO4.K/c17-9-13(8-14(18)19)16-15(20)12-6-4-11(5-7-12)10-2-1-3-10;/h4-7,10,13,17H,1-3,8-9H2,(H,16,20)(H,18,19);/q;+1/p-1/t13-;/m0./s1. The average molecular weight is 315 g/mol. The van der Waals surface area contributed by atoms with Crippen molar-refractivity contribution in [3.05, 3.63) is 35.4 Å². The first-order valence-corrected chi connectivity index (χ1v) is 6.81. The van der Waals surface area contributed by atoms with Gasteiger partial charge in [-0.2, -0.15) is 0 Å². The fraction of sp³-hybridized carbons (Fsp3) is 0.467. The average Bonchev–Trinajstić information content (AvgIpc) is 2.36. The Morgan fingerprint density at radius 3 is 2.33 bits per heavy atom. The summed E-state index contributed by atoms with van der Waals surface area (Å²) in [6.07, 6.45) is 3.25. The molecule has 2 N–H and O–H groups in total. The molecule has 0 bridgehead atoms. The maximum Gasteiger partial charge on any atom is 1.00 e. The molecule has 0 heterocycles. The van der Waals surface area contributed by atoms with Crippen LogP contribution in [0.5, 0.6) is 0 Å². The minimum absolute atomic E-state index is 0. The number of carboxylic acid groups (broad SMARTS) is 1. The van der Waals surface area contributed by atoms with E-state index in [1.807, 2.05) is 12.1 Å². The first kappa shape index (κ1) is 18.8. The molecule has 1 aromatic carbocycles. The van der Waals surface area contributed by atoms with Crippen LogP contribution in [0.4, 0.5) is 0 Å². The molecule has 6 heteroatoms. The number of carboxylic acids is 1. The monoisotopic (exact) mass is 315 g/mol. The Morgan fingerprint density at radius 1 is 1.29 bits per heavy atom. The van der Waals surface area contributed by atoms with Gasteiger partial charge in [0.05, 0.1) is 12.6 Å². The van der Waals surface area contributed by atoms with Crippen LogP contribution in [0.1, 0.15) is 47.5 Å². The van der Waals surface area contributed by atoms with Crippen molar-refractivity contribution < 1.29 is 71.2 Å². The molecule has 1 amide bonds. The van der Waals surface area contributed by atoms with E-state index in [1.54, 1.807) is 12.1 Å². The van der Waals surface area contributed by atoms with Crippen LogP contribution < -0.4 is 61.8 Å². The summed E-state index contributed by atoms with van der Waals surface area (Å²) in [4.78, 5) is 22.4. The maximum atomic E-state index is 11.9. The quantitative estimate of drug-likeness (QED) is 0.555. The van der Waals surface area contributed by atoms with Crippen LogP contribution >= 0.6 is 0 Å². The van der Waals surface area contributed by atoms with Gasteiger partial charge in [0, 0.05) is 18.0 Å². The number of hydrogen-bond acceptors (Lipinski definition) is 4. The van der Waals surface area contributed by atoms with Gasteiger partial charge in [-0.25, -0.2) is 0 Å². The minimum atomic E-state index is -1.30. The summed E-state index contributed by atoms with van der Waals surface area (Å²) in [5, 5.41) is 22.0. The van der Waals surface area contributed by atoms with Crippen LogP contribution in [0.2, 0.25) is 0 Å². The van der Waals surface area contributed by atoms with E-state index in [4.69, 9.17) is 5.11 Å². The number of amides is 1. The minimum Gasteiger partial charge on any atom is -0.550 e. The third-order valence-corrected chi connectivity index (χ3v) is 3.72. The SMILES string of the molecule is O=C([O-])C[C@@H](CO)NC(=O)c1ccc(C2CCC2)cc1.[K+]. The van der Waals surface area contributed by atoms with Crippen LogP contribution in [0, 0.1) is 0 Å². The molecule has 5 nitrogen and oxygen atoms in total. The molecule has 0 spiro atoms. The van der Waals surface area contributed by atoms with E-state index in [0.29, 0.717) is 11.5 Å². The normalized spacial score (nSPS) is 15.5. The summed E-state index contributed by atoms with van der Waals surface area (Å²) in [6, 6.07) is 6.52. The van der Waals surface area contributed by atoms with Gasteiger partial charge in [0.1, 0.15) is 0 Å². The molecule has 0 unspecified atom stereocenters. The number of nitrogens with one attached hydrogen (secondary N) is 1. The zero-order valence-corrected chi connectivity index (χ0v) is 15.3. The zero-order valence-electron chi connectivity index (χ0n) is 12.2. The van der Waals surface area contributed by atoms with Gasteiger partial charge < -0.3 is 20.3 Å². The Balaban J connectivity index is 0.00000220. The second-order valence-electron chi connectivity index (χ2n) is 5.18. The molecule has 108 valence electrons. The number of hydrogen-bond donors (Lipinski definition) is 2. The Kier molecular flexibility index (Phi) is 8.08. The molecule has 0 radical (unpaired) electrons. The van der Waals surface area contributed by atoms with Crippen LogP contribution in [0.3, 0.4) is 0 Å². The summed E-state index contributed by atoms with van der Waals surface area (Å²) in [7, 11) is 0. The van der Waals surface area contributed by atoms with Crippen LogP contribution in [-0.2, 0) is 4.79 Å². The second-order valence-corrected chi connectivity index (χ2v) is 5.18. The van der Waals surface area contributed by atoms with E-state index >= 15 is 0 Å². The molecule has 1 atom stereocenters. The van der Waals surface area contributed by atoms with Crippen molar-refractivity contribution in [2.75, 3.05) is 6.61 Å². The molecule has 1 saturated carbocycles. The van der Waals surface area contributed by atoms with E-state index in [1.165, 1.54) is 24.8 Å². The number of rotatable bonds is 6. The molecule has 0 aliphatic heterocycles. The molecule has 1 fully saturated rings. The van der Waals surface area contributed by atoms with Crippen molar-refractivity contribution in [3.63, 3.8) is 0 Å². The summed E-state index contributed by atoms with van der Waals surface area (Å²) < 4.78 is 0. The number of benzene rings is 1. The van der Waals surface area contributed by atoms with E-state index in [-0.39, 0.29) is 57.3 Å². The van der Waals surface area contributed by atoms with Gasteiger partial charge in [0.2, 0.25) is 0 Å². The zero-order chi connectivity index (χ0) is 14.5. The van der Waals surface area contributed by atoms with Gasteiger partial charge in [-0.15, -0.1) is 0 Å². The summed E-state index contributed by atoms with van der Waals surface area (Å²) >= 11 is 0. The van der Waals surface area contributed by atoms with E-state index in [2.05, 4.69) is 5.32 Å². The van der Waals surface area contributed by atoms with E-state index in [9.17, 15) is 14.7 Å². The molecule has 2 rings (SSSR count). The first-order chi connectivity index (χ1) is 9.60. The van der Waals surface area contributed by atoms with Crippen LogP contribution in [0.15, 0.2) is 24.3 Å². The van der Waals surface area contributed by atoms with Crippen molar-refractivity contribution >= 4 is 11.9 Å². The van der Waals surface area contributed by atoms with E-state index in [0.717, 1.165) is 0 Å². The molecular weight excluding hydrogens is 297 g/mol. The Hall–Kier alpha value is -0.244. The van der Waals surface area contributed by atoms with Gasteiger partial charge in [0.25, 0.3) is 5.91 Å². The Bertz CT molecular complexity index is 485. The van der Waals surface area contributed by atoms with Gasteiger partial charge in [-0.1, -0.05) is 18.6 Å². The Labute approximate surface area is 166 Å². The van der Waals surface area contributed by atoms with Crippen LogP contribution in [0.25, 0.3) is 0 Å². The van der Waals surface area contributed by atoms with Crippen molar-refractivity contribution in [1.29, 1.82) is 0 Å². The van der Waals surface area contributed by atoms with Gasteiger partial charge >= 0.3 is 51.4 Å². The molecule has 1 aromatic rings. The van der Waals surface area contributed by atoms with Gasteiger partial charge in [0.15, 0.2) is 0 Å². The molecule has 1 aliphatic carbocycles. The van der Waals surface area contributed by atoms with Crippen LogP contribution in [-0.4, -0.2) is 29.6 Å². The van der Waals surface area contributed by atoms with Crippen molar-refractivity contribution in [3.8, 4) is 0 Å². The number of aliphatic hydroxyl groups is 1. The topological polar surface area (TPSA) is 89.5 Å². The summed E-state index contributed by atoms with van der Waals surface area (Å²) in [6.45, 7) is -0.431. The fourth-order valence-electron chi connectivity index (χ4n) is 2.28. The fourth-order valence-corrected chi connectivity index (χ4v) is 2.28. The Morgan fingerprint density at radius 2 is 1.90 bits per heavy atom. The third-order valence-electron chi connectivity index (χ3n) is 3.72. The molecule has 1 aliphatic rings. The van der Waals surface area contributed by atoms with Gasteiger partial charge in [-0.05, 0) is 36.5 Å². The number of carbonyl (C=O) groups excluding carboxylic acids is 2. The molecular formula is C15H18KNO4. The molecule has 0 aromatic heterocycles. The predicted octanol–water partition coefficient (Wildman–Crippen LogP) is -2.81. The number of aliphatic carboxylic acids is 1. The van der Waals surface area contributed by atoms with E-state index < -0.39 is 25.0 Å². The largest absolute Gasteiger partial charge is 1.00 e. The predicted molar refractivity (Wildman–Crippen MR) is 71.0 cm³/mol. The van der Waals surface area contributed by atoms with Crippen molar-refractivity contribution in [2.45, 2.75) is 37.6 Å².